The van der Waals surface area contributed by atoms with E-state index in [2.05, 4.69) is 15.6 Å². The van der Waals surface area contributed by atoms with E-state index < -0.39 is 23.1 Å². The van der Waals surface area contributed by atoms with Crippen molar-refractivity contribution in [3.8, 4) is 28.3 Å². The number of amides is 1. The maximum Gasteiger partial charge on any atom is 0.307 e. The first-order valence-electron chi connectivity index (χ1n) is 14.4. The Morgan fingerprint density at radius 3 is 2.68 bits per heavy atom. The summed E-state index contributed by atoms with van der Waals surface area (Å²) >= 11 is 0. The lowest BCUT2D eigenvalue weighted by Gasteiger charge is -2.26. The van der Waals surface area contributed by atoms with Crippen molar-refractivity contribution in [1.82, 2.24) is 19.4 Å². The maximum absolute atomic E-state index is 15.7. The average Bonchev–Trinajstić information content (AvgIpc) is 3.55. The summed E-state index contributed by atoms with van der Waals surface area (Å²) in [7, 11) is 0. The molecule has 2 aromatic heterocycles. The number of rotatable bonds is 11. The van der Waals surface area contributed by atoms with E-state index in [1.54, 1.807) is 30.1 Å². The van der Waals surface area contributed by atoms with Crippen LogP contribution in [0.3, 0.4) is 0 Å². The fourth-order valence-corrected chi connectivity index (χ4v) is 5.25. The molecule has 0 atom stereocenters. The molecule has 0 saturated carbocycles. The Kier molecular flexibility index (Phi) is 8.09. The van der Waals surface area contributed by atoms with Crippen LogP contribution in [0.1, 0.15) is 30.1 Å². The molecule has 44 heavy (non-hydrogen) atoms. The molecule has 3 aromatic carbocycles. The zero-order chi connectivity index (χ0) is 30.6. The zero-order valence-electron chi connectivity index (χ0n) is 24.0. The van der Waals surface area contributed by atoms with Crippen LogP contribution in [0, 0.1) is 5.82 Å². The summed E-state index contributed by atoms with van der Waals surface area (Å²) in [4.78, 5) is 42.7. The molecule has 224 valence electrons. The monoisotopic (exact) mass is 595 g/mol. The maximum atomic E-state index is 15.7. The van der Waals surface area contributed by atoms with Crippen LogP contribution in [0.5, 0.6) is 11.5 Å². The molecule has 10 nitrogen and oxygen atoms in total. The van der Waals surface area contributed by atoms with Gasteiger partial charge in [0.25, 0.3) is 5.91 Å². The van der Waals surface area contributed by atoms with Crippen LogP contribution in [0.15, 0.2) is 84.3 Å². The van der Waals surface area contributed by atoms with Gasteiger partial charge in [0.15, 0.2) is 17.3 Å². The summed E-state index contributed by atoms with van der Waals surface area (Å²) in [6.45, 7) is 3.02. The summed E-state index contributed by atoms with van der Waals surface area (Å²) in [5, 5.41) is 5.76. The van der Waals surface area contributed by atoms with Crippen LogP contribution >= 0.6 is 0 Å². The van der Waals surface area contributed by atoms with Gasteiger partial charge in [0.05, 0.1) is 30.4 Å². The van der Waals surface area contributed by atoms with Gasteiger partial charge < -0.3 is 29.2 Å². The van der Waals surface area contributed by atoms with Crippen LogP contribution < -0.4 is 20.8 Å². The number of benzene rings is 3. The second kappa shape index (κ2) is 12.4. The van der Waals surface area contributed by atoms with Gasteiger partial charge in [0, 0.05) is 38.2 Å². The number of halogens is 1. The van der Waals surface area contributed by atoms with Crippen molar-refractivity contribution in [1.29, 1.82) is 0 Å². The lowest BCUT2D eigenvalue weighted by molar-refractivity contribution is -0.142. The molecule has 11 heteroatoms. The molecule has 0 fully saturated rings. The van der Waals surface area contributed by atoms with Gasteiger partial charge in [0.2, 0.25) is 5.43 Å². The molecule has 0 spiro atoms. The smallest absolute Gasteiger partial charge is 0.307 e. The molecule has 0 radical (unpaired) electrons. The summed E-state index contributed by atoms with van der Waals surface area (Å²) < 4.78 is 30.5. The van der Waals surface area contributed by atoms with E-state index in [1.165, 1.54) is 6.20 Å². The number of pyridine rings is 1. The van der Waals surface area contributed by atoms with E-state index in [9.17, 15) is 14.4 Å². The number of aromatic nitrogens is 3. The van der Waals surface area contributed by atoms with Gasteiger partial charge in [-0.15, -0.1) is 0 Å². The molecule has 0 bridgehead atoms. The van der Waals surface area contributed by atoms with E-state index in [0.717, 1.165) is 17.2 Å². The number of carbonyl (C=O) groups excluding carboxylic acids is 2. The van der Waals surface area contributed by atoms with Crippen LogP contribution in [-0.2, 0) is 16.1 Å². The van der Waals surface area contributed by atoms with Crippen LogP contribution in [-0.4, -0.2) is 45.7 Å². The molecule has 1 aliphatic rings. The van der Waals surface area contributed by atoms with Crippen LogP contribution in [0.2, 0.25) is 0 Å². The van der Waals surface area contributed by atoms with Crippen LogP contribution in [0.25, 0.3) is 27.7 Å². The van der Waals surface area contributed by atoms with Crippen molar-refractivity contribution in [2.24, 2.45) is 0 Å². The number of nitrogens with zero attached hydrogens (tertiary/aromatic N) is 3. The normalized spacial score (nSPS) is 11.5. The molecule has 6 rings (SSSR count). The highest BCUT2D eigenvalue weighted by atomic mass is 19.1. The summed E-state index contributed by atoms with van der Waals surface area (Å²) in [5.74, 6) is -1.23. The highest BCUT2D eigenvalue weighted by molar-refractivity contribution is 6.01. The van der Waals surface area contributed by atoms with E-state index >= 15 is 4.39 Å². The van der Waals surface area contributed by atoms with Crippen molar-refractivity contribution >= 4 is 28.5 Å². The molecule has 3 heterocycles. The topological polar surface area (TPSA) is 116 Å². The number of aryl methyl sites for hydroxylation is 1. The Hall–Kier alpha value is -5.45. The number of esters is 1. The molecule has 2 N–H and O–H groups in total. The summed E-state index contributed by atoms with van der Waals surface area (Å²) in [6, 6.07) is 16.5. The Morgan fingerprint density at radius 2 is 1.91 bits per heavy atom. The van der Waals surface area contributed by atoms with Gasteiger partial charge in [-0.3, -0.25) is 14.4 Å². The van der Waals surface area contributed by atoms with Gasteiger partial charge in [-0.25, -0.2) is 9.37 Å². The van der Waals surface area contributed by atoms with Crippen molar-refractivity contribution in [2.45, 2.75) is 26.3 Å². The number of ether oxygens (including phenoxy) is 2. The predicted molar refractivity (Wildman–Crippen MR) is 164 cm³/mol. The number of carbonyl (C=O) groups is 2. The highest BCUT2D eigenvalue weighted by Crippen LogP contribution is 2.46. The fraction of sp³-hybridized carbons (Fsp3) is 0.212. The van der Waals surface area contributed by atoms with Gasteiger partial charge in [-0.05, 0) is 42.7 Å². The van der Waals surface area contributed by atoms with E-state index in [0.29, 0.717) is 36.5 Å². The number of anilines is 1. The zero-order valence-corrected chi connectivity index (χ0v) is 24.0. The largest absolute Gasteiger partial charge is 0.466 e. The van der Waals surface area contributed by atoms with Gasteiger partial charge in [-0.2, -0.15) is 0 Å². The first-order chi connectivity index (χ1) is 21.4. The van der Waals surface area contributed by atoms with Crippen LogP contribution in [0.4, 0.5) is 10.1 Å². The minimum atomic E-state index is -0.680. The number of imidazole rings is 1. The molecule has 1 amide bonds. The molecule has 5 aromatic rings. The third-order valence-corrected chi connectivity index (χ3v) is 7.35. The Morgan fingerprint density at radius 1 is 1.07 bits per heavy atom. The quantitative estimate of drug-likeness (QED) is 0.155. The van der Waals surface area contributed by atoms with E-state index in [4.69, 9.17) is 9.47 Å². The molecule has 0 unspecified atom stereocenters. The van der Waals surface area contributed by atoms with Crippen molar-refractivity contribution in [3.63, 3.8) is 0 Å². The molecular formula is C33H30FN5O5. The third kappa shape index (κ3) is 5.63. The van der Waals surface area contributed by atoms with Crippen molar-refractivity contribution < 1.29 is 23.5 Å². The average molecular weight is 596 g/mol. The van der Waals surface area contributed by atoms with Crippen molar-refractivity contribution in [2.75, 3.05) is 25.0 Å². The SMILES string of the molecule is CCOC(=O)CCNC(=O)c1cn2c3c(c(NCCCn4ccnc4)c(F)cc3c1=O)Oc1ccc(-c3ccccc3)cc1-2. The van der Waals surface area contributed by atoms with Gasteiger partial charge >= 0.3 is 5.97 Å². The first kappa shape index (κ1) is 28.7. The third-order valence-electron chi connectivity index (χ3n) is 7.35. The standard InChI is InChI=1S/C33H30FN5O5/c1-2-43-28(40)11-13-37-33(42)24-19-39-26-17-22(21-7-4-3-5-8-21)9-10-27(26)44-32-29(25(34)18-23(30(32)39)31(24)41)36-12-6-15-38-16-14-35-20-38/h3-5,7-10,14,16-20,36H,2,6,11-13,15H2,1H3,(H,37,42). The van der Waals surface area contributed by atoms with E-state index in [1.807, 2.05) is 53.2 Å². The van der Waals surface area contributed by atoms with E-state index in [-0.39, 0.29) is 42.0 Å². The lowest BCUT2D eigenvalue weighted by atomic mass is 10.0. The van der Waals surface area contributed by atoms with Gasteiger partial charge in [0.1, 0.15) is 16.8 Å². The molecule has 0 saturated heterocycles. The summed E-state index contributed by atoms with van der Waals surface area (Å²) in [6.07, 6.45) is 7.35. The first-order valence-corrected chi connectivity index (χ1v) is 14.4. The fourth-order valence-electron chi connectivity index (χ4n) is 5.25. The van der Waals surface area contributed by atoms with Gasteiger partial charge in [-0.1, -0.05) is 36.4 Å². The Labute approximate surface area is 252 Å². The molecule has 0 aliphatic carbocycles. The Balaban J connectivity index is 1.42. The summed E-state index contributed by atoms with van der Waals surface area (Å²) in [5.41, 5.74) is 2.07. The lowest BCUT2D eigenvalue weighted by Crippen LogP contribution is -2.32. The number of fused-ring (bicyclic) bond motifs is 2. The highest BCUT2D eigenvalue weighted by Gasteiger charge is 2.29. The number of hydrogen-bond donors (Lipinski definition) is 2. The minimum Gasteiger partial charge on any atom is -0.466 e. The molecular weight excluding hydrogens is 565 g/mol. The second-order valence-corrected chi connectivity index (χ2v) is 10.2. The number of hydrogen-bond acceptors (Lipinski definition) is 7. The molecule has 1 aliphatic heterocycles. The van der Waals surface area contributed by atoms with Crippen molar-refractivity contribution in [3.05, 3.63) is 101 Å². The Bertz CT molecular complexity index is 1900. The number of nitrogens with one attached hydrogen (secondary N) is 2. The predicted octanol–water partition coefficient (Wildman–Crippen LogP) is 5.28. The second-order valence-electron chi connectivity index (χ2n) is 10.2. The minimum absolute atomic E-state index is 0.00438.